The van der Waals surface area contributed by atoms with Crippen molar-refractivity contribution in [2.24, 2.45) is 0 Å². The van der Waals surface area contributed by atoms with Crippen molar-refractivity contribution in [1.29, 1.82) is 0 Å². The van der Waals surface area contributed by atoms with Gasteiger partial charge in [0.25, 0.3) is 0 Å². The van der Waals surface area contributed by atoms with Gasteiger partial charge < -0.3 is 0 Å². The van der Waals surface area contributed by atoms with Gasteiger partial charge in [-0.2, -0.15) is 0 Å². The average molecular weight is 377 g/mol. The van der Waals surface area contributed by atoms with Gasteiger partial charge in [0, 0.05) is 0 Å². The molecule has 0 spiro atoms. The molecule has 0 atom stereocenters. The lowest BCUT2D eigenvalue weighted by Gasteiger charge is -2.31. The van der Waals surface area contributed by atoms with Crippen LogP contribution in [0.25, 0.3) is 0 Å². The normalized spacial score (nSPS) is 11.5. The quantitative estimate of drug-likeness (QED) is 0.349. The smallest absolute Gasteiger partial charge is 0.123 e. The molecule has 0 heterocycles. The van der Waals surface area contributed by atoms with E-state index in [-0.39, 0.29) is 0 Å². The summed E-state index contributed by atoms with van der Waals surface area (Å²) in [7, 11) is 0. The van der Waals surface area contributed by atoms with Gasteiger partial charge in [0.05, 0.1) is 0 Å². The molecule has 3 aromatic rings. The fourth-order valence-corrected chi connectivity index (χ4v) is 2.65. The van der Waals surface area contributed by atoms with Crippen LogP contribution in [0, 0.1) is 13.8 Å². The highest BCUT2D eigenvalue weighted by Crippen LogP contribution is 2.31. The molecule has 0 aromatic heterocycles. The van der Waals surface area contributed by atoms with Crippen molar-refractivity contribution in [3.63, 3.8) is 0 Å². The number of hydrogen-bond donors (Lipinski definition) is 0. The van der Waals surface area contributed by atoms with E-state index < -0.39 is 11.2 Å². The fourth-order valence-electron chi connectivity index (χ4n) is 2.65. The number of benzene rings is 3. The highest BCUT2D eigenvalue weighted by molar-refractivity contribution is 5.23. The Morgan fingerprint density at radius 1 is 0.464 bits per heavy atom. The molecule has 148 valence electrons. The van der Waals surface area contributed by atoms with Crippen molar-refractivity contribution < 1.29 is 9.78 Å². The summed E-state index contributed by atoms with van der Waals surface area (Å²) in [6, 6.07) is 28.5. The predicted molar refractivity (Wildman–Crippen MR) is 117 cm³/mol. The molecule has 0 N–H and O–H groups in total. The second kappa shape index (κ2) is 9.68. The van der Waals surface area contributed by atoms with Gasteiger partial charge in [0.15, 0.2) is 0 Å². The molecule has 0 unspecified atom stereocenters. The Hall–Kier alpha value is -2.42. The molecule has 28 heavy (non-hydrogen) atoms. The zero-order chi connectivity index (χ0) is 20.6. The van der Waals surface area contributed by atoms with E-state index in [0.29, 0.717) is 0 Å². The molecule has 0 fully saturated rings. The van der Waals surface area contributed by atoms with Crippen LogP contribution in [0.4, 0.5) is 0 Å². The lowest BCUT2D eigenvalue weighted by molar-refractivity contribution is -0.410. The van der Waals surface area contributed by atoms with Crippen LogP contribution >= 0.6 is 0 Å². The fraction of sp³-hybridized carbons (Fsp3) is 0.308. The standard InChI is InChI=1S/C18H22O2.C8H10/c1-17(2,15-11-7-5-8-12-15)19-20-18(3,4)16-13-9-6-10-14-16;1-7-5-3-4-6-8(7)2/h5-14H,1-4H3;3-6H,1-2H3. The van der Waals surface area contributed by atoms with Crippen molar-refractivity contribution in [2.75, 3.05) is 0 Å². The first-order valence-corrected chi connectivity index (χ1v) is 9.72. The zero-order valence-corrected chi connectivity index (χ0v) is 17.9. The summed E-state index contributed by atoms with van der Waals surface area (Å²) in [6.45, 7) is 12.3. The highest BCUT2D eigenvalue weighted by Gasteiger charge is 2.29. The maximum Gasteiger partial charge on any atom is 0.123 e. The minimum Gasteiger partial charge on any atom is -0.225 e. The van der Waals surface area contributed by atoms with E-state index in [2.05, 4.69) is 38.1 Å². The molecule has 0 bridgehead atoms. The lowest BCUT2D eigenvalue weighted by atomic mass is 9.98. The maximum absolute atomic E-state index is 5.73. The Bertz CT molecular complexity index is 764. The van der Waals surface area contributed by atoms with E-state index in [9.17, 15) is 0 Å². The topological polar surface area (TPSA) is 18.5 Å². The summed E-state index contributed by atoms with van der Waals surface area (Å²) in [4.78, 5) is 11.5. The average Bonchev–Trinajstić information content (AvgIpc) is 2.71. The Morgan fingerprint density at radius 3 is 1.04 bits per heavy atom. The SMILES string of the molecule is CC(C)(OOC(C)(C)c1ccccc1)c1ccccc1.Cc1ccccc1C. The molecule has 2 heteroatoms. The Balaban J connectivity index is 0.000000292. The summed E-state index contributed by atoms with van der Waals surface area (Å²) in [5.74, 6) is 0. The molecule has 0 aliphatic heterocycles. The van der Waals surface area contributed by atoms with E-state index in [1.54, 1.807) is 0 Å². The number of aryl methyl sites for hydroxylation is 2. The summed E-state index contributed by atoms with van der Waals surface area (Å²) < 4.78 is 0. The van der Waals surface area contributed by atoms with E-state index in [4.69, 9.17) is 9.78 Å². The van der Waals surface area contributed by atoms with Gasteiger partial charge in [-0.15, -0.1) is 0 Å². The molecule has 3 rings (SSSR count). The summed E-state index contributed by atoms with van der Waals surface area (Å²) in [5.41, 5.74) is 3.92. The van der Waals surface area contributed by atoms with E-state index in [1.807, 2.05) is 88.4 Å². The first-order chi connectivity index (χ1) is 13.2. The van der Waals surface area contributed by atoms with Gasteiger partial charge in [-0.05, 0) is 63.8 Å². The minimum atomic E-state index is -0.493. The second-order valence-corrected chi connectivity index (χ2v) is 8.00. The lowest BCUT2D eigenvalue weighted by Crippen LogP contribution is -2.29. The Kier molecular flexibility index (Phi) is 7.56. The van der Waals surface area contributed by atoms with Crippen LogP contribution in [0.2, 0.25) is 0 Å². The van der Waals surface area contributed by atoms with Gasteiger partial charge in [0.2, 0.25) is 0 Å². The third-order valence-corrected chi connectivity index (χ3v) is 4.82. The molecule has 0 radical (unpaired) electrons. The molecule has 0 amide bonds. The second-order valence-electron chi connectivity index (χ2n) is 8.00. The number of rotatable bonds is 5. The summed E-state index contributed by atoms with van der Waals surface area (Å²) in [5, 5.41) is 0. The van der Waals surface area contributed by atoms with Crippen LogP contribution in [-0.2, 0) is 21.0 Å². The first kappa shape index (κ1) is 21.9. The Labute approximate surface area is 170 Å². The molecule has 0 aliphatic carbocycles. The van der Waals surface area contributed by atoms with Crippen molar-refractivity contribution in [2.45, 2.75) is 52.7 Å². The monoisotopic (exact) mass is 376 g/mol. The van der Waals surface area contributed by atoms with Crippen LogP contribution in [0.1, 0.15) is 49.9 Å². The van der Waals surface area contributed by atoms with Crippen molar-refractivity contribution >= 4 is 0 Å². The van der Waals surface area contributed by atoms with Crippen LogP contribution in [0.3, 0.4) is 0 Å². The van der Waals surface area contributed by atoms with Crippen molar-refractivity contribution in [1.82, 2.24) is 0 Å². The number of hydrogen-bond acceptors (Lipinski definition) is 2. The Morgan fingerprint density at radius 2 is 0.750 bits per heavy atom. The van der Waals surface area contributed by atoms with E-state index in [0.717, 1.165) is 11.1 Å². The van der Waals surface area contributed by atoms with Crippen LogP contribution < -0.4 is 0 Å². The molecular weight excluding hydrogens is 344 g/mol. The van der Waals surface area contributed by atoms with Crippen LogP contribution in [0.5, 0.6) is 0 Å². The van der Waals surface area contributed by atoms with Crippen LogP contribution in [-0.4, -0.2) is 0 Å². The molecule has 2 nitrogen and oxygen atoms in total. The van der Waals surface area contributed by atoms with Crippen LogP contribution in [0.15, 0.2) is 84.9 Å². The molecule has 0 aliphatic rings. The van der Waals surface area contributed by atoms with Crippen molar-refractivity contribution in [3.05, 3.63) is 107 Å². The summed E-state index contributed by atoms with van der Waals surface area (Å²) >= 11 is 0. The van der Waals surface area contributed by atoms with Gasteiger partial charge in [-0.3, -0.25) is 0 Å². The van der Waals surface area contributed by atoms with E-state index in [1.165, 1.54) is 11.1 Å². The van der Waals surface area contributed by atoms with Crippen molar-refractivity contribution in [3.8, 4) is 0 Å². The van der Waals surface area contributed by atoms with Gasteiger partial charge in [0.1, 0.15) is 11.2 Å². The van der Waals surface area contributed by atoms with Gasteiger partial charge in [-0.25, -0.2) is 9.78 Å². The largest absolute Gasteiger partial charge is 0.225 e. The molecular formula is C26H32O2. The maximum atomic E-state index is 5.73. The third kappa shape index (κ3) is 6.33. The van der Waals surface area contributed by atoms with Gasteiger partial charge in [-0.1, -0.05) is 84.9 Å². The predicted octanol–water partition coefficient (Wildman–Crippen LogP) is 7.11. The molecule has 3 aromatic carbocycles. The van der Waals surface area contributed by atoms with Gasteiger partial charge >= 0.3 is 0 Å². The first-order valence-electron chi connectivity index (χ1n) is 9.72. The molecule has 0 saturated heterocycles. The summed E-state index contributed by atoms with van der Waals surface area (Å²) in [6.07, 6.45) is 0. The third-order valence-electron chi connectivity index (χ3n) is 4.82. The highest BCUT2D eigenvalue weighted by atomic mass is 17.2. The minimum absolute atomic E-state index is 0.493. The van der Waals surface area contributed by atoms with E-state index >= 15 is 0 Å². The zero-order valence-electron chi connectivity index (χ0n) is 17.9. The molecule has 0 saturated carbocycles.